The third-order valence-electron chi connectivity index (χ3n) is 3.44. The molecule has 0 spiro atoms. The quantitative estimate of drug-likeness (QED) is 0.803. The van der Waals surface area contributed by atoms with Crippen LogP contribution < -0.4 is 5.32 Å². The highest BCUT2D eigenvalue weighted by Crippen LogP contribution is 2.28. The van der Waals surface area contributed by atoms with Crippen LogP contribution in [0.25, 0.3) is 10.6 Å². The van der Waals surface area contributed by atoms with Crippen molar-refractivity contribution in [3.63, 3.8) is 0 Å². The highest BCUT2D eigenvalue weighted by atomic mass is 32.1. The number of hydrogen-bond acceptors (Lipinski definition) is 5. The Labute approximate surface area is 144 Å². The molecule has 0 saturated carbocycles. The second kappa shape index (κ2) is 7.55. The molecule has 1 unspecified atom stereocenters. The summed E-state index contributed by atoms with van der Waals surface area (Å²) in [5.74, 6) is -1.34. The number of carboxylic acids is 1. The summed E-state index contributed by atoms with van der Waals surface area (Å²) in [6.07, 6.45) is -0.226. The molecule has 0 fully saturated rings. The number of carbonyl (C=O) groups is 2. The van der Waals surface area contributed by atoms with Gasteiger partial charge in [-0.25, -0.2) is 4.98 Å². The molecule has 0 saturated heterocycles. The van der Waals surface area contributed by atoms with Gasteiger partial charge in [0.15, 0.2) is 0 Å². The van der Waals surface area contributed by atoms with Crippen LogP contribution in [0.15, 0.2) is 30.3 Å². The number of aromatic nitrogens is 1. The Hall–Kier alpha value is -2.25. The van der Waals surface area contributed by atoms with E-state index in [0.717, 1.165) is 10.6 Å². The summed E-state index contributed by atoms with van der Waals surface area (Å²) < 4.78 is 5.06. The molecule has 2 aromatic rings. The van der Waals surface area contributed by atoms with Crippen molar-refractivity contribution < 1.29 is 19.4 Å². The average Bonchev–Trinajstić information content (AvgIpc) is 2.89. The van der Waals surface area contributed by atoms with Gasteiger partial charge in [-0.3, -0.25) is 9.59 Å². The Balaban J connectivity index is 2.23. The molecule has 0 radical (unpaired) electrons. The standard InChI is InChI=1S/C17H20N2O4S/c1-11-14(24-16(18-11)12-7-5-4-6-8-12)15(22)19-17(2,10-23-3)9-13(20)21/h4-8H,9-10H2,1-3H3,(H,19,22)(H,20,21). The van der Waals surface area contributed by atoms with Crippen LogP contribution in [0.3, 0.4) is 0 Å². The number of nitrogens with zero attached hydrogens (tertiary/aromatic N) is 1. The number of carbonyl (C=O) groups excluding carboxylic acids is 1. The Morgan fingerprint density at radius 2 is 2.00 bits per heavy atom. The van der Waals surface area contributed by atoms with Crippen LogP contribution in [-0.2, 0) is 9.53 Å². The molecular weight excluding hydrogens is 328 g/mol. The van der Waals surface area contributed by atoms with Crippen molar-refractivity contribution in [2.75, 3.05) is 13.7 Å². The monoisotopic (exact) mass is 348 g/mol. The third-order valence-corrected chi connectivity index (χ3v) is 4.65. The number of benzene rings is 1. The fourth-order valence-electron chi connectivity index (χ4n) is 2.43. The first-order valence-corrected chi connectivity index (χ1v) is 8.22. The molecule has 1 heterocycles. The zero-order valence-electron chi connectivity index (χ0n) is 13.8. The summed E-state index contributed by atoms with van der Waals surface area (Å²) in [6.45, 7) is 3.52. The van der Waals surface area contributed by atoms with E-state index in [1.165, 1.54) is 18.4 Å². The van der Waals surface area contributed by atoms with Crippen molar-refractivity contribution in [3.05, 3.63) is 40.9 Å². The Kier molecular flexibility index (Phi) is 5.69. The minimum Gasteiger partial charge on any atom is -0.481 e. The van der Waals surface area contributed by atoms with Gasteiger partial charge in [0, 0.05) is 12.7 Å². The lowest BCUT2D eigenvalue weighted by atomic mass is 9.99. The lowest BCUT2D eigenvalue weighted by Gasteiger charge is -2.28. The number of hydrogen-bond donors (Lipinski definition) is 2. The molecule has 1 amide bonds. The van der Waals surface area contributed by atoms with Crippen LogP contribution >= 0.6 is 11.3 Å². The molecule has 7 heteroatoms. The molecule has 1 aromatic heterocycles. The number of amides is 1. The van der Waals surface area contributed by atoms with E-state index in [4.69, 9.17) is 9.84 Å². The lowest BCUT2D eigenvalue weighted by molar-refractivity contribution is -0.139. The maximum absolute atomic E-state index is 12.6. The van der Waals surface area contributed by atoms with E-state index in [1.54, 1.807) is 13.8 Å². The second-order valence-electron chi connectivity index (χ2n) is 5.82. The number of rotatable bonds is 7. The Morgan fingerprint density at radius 1 is 1.33 bits per heavy atom. The van der Waals surface area contributed by atoms with Crippen molar-refractivity contribution in [3.8, 4) is 10.6 Å². The SMILES string of the molecule is COCC(C)(CC(=O)O)NC(=O)c1sc(-c2ccccc2)nc1C. The van der Waals surface area contributed by atoms with Gasteiger partial charge in [-0.05, 0) is 13.8 Å². The summed E-state index contributed by atoms with van der Waals surface area (Å²) in [4.78, 5) is 28.6. The predicted molar refractivity (Wildman–Crippen MR) is 92.3 cm³/mol. The molecule has 1 aromatic carbocycles. The summed E-state index contributed by atoms with van der Waals surface area (Å²) in [5.41, 5.74) is 0.572. The van der Waals surface area contributed by atoms with E-state index < -0.39 is 11.5 Å². The fraction of sp³-hybridized carbons (Fsp3) is 0.353. The van der Waals surface area contributed by atoms with E-state index in [2.05, 4.69) is 10.3 Å². The molecule has 0 aliphatic carbocycles. The highest BCUT2D eigenvalue weighted by molar-refractivity contribution is 7.17. The number of methoxy groups -OCH3 is 1. The van der Waals surface area contributed by atoms with Crippen LogP contribution in [0.1, 0.15) is 28.7 Å². The maximum atomic E-state index is 12.6. The van der Waals surface area contributed by atoms with Gasteiger partial charge in [-0.2, -0.15) is 0 Å². The lowest BCUT2D eigenvalue weighted by Crippen LogP contribution is -2.50. The van der Waals surface area contributed by atoms with Crippen molar-refractivity contribution >= 4 is 23.2 Å². The topological polar surface area (TPSA) is 88.5 Å². The van der Waals surface area contributed by atoms with Crippen molar-refractivity contribution in [2.45, 2.75) is 25.8 Å². The van der Waals surface area contributed by atoms with Crippen LogP contribution in [0, 0.1) is 6.92 Å². The zero-order valence-corrected chi connectivity index (χ0v) is 14.6. The molecule has 24 heavy (non-hydrogen) atoms. The molecule has 0 aliphatic rings. The summed E-state index contributed by atoms with van der Waals surface area (Å²) >= 11 is 1.29. The molecular formula is C17H20N2O4S. The van der Waals surface area contributed by atoms with Crippen molar-refractivity contribution in [1.29, 1.82) is 0 Å². The van der Waals surface area contributed by atoms with E-state index >= 15 is 0 Å². The van der Waals surface area contributed by atoms with Gasteiger partial charge in [0.05, 0.1) is 24.3 Å². The summed E-state index contributed by atoms with van der Waals surface area (Å²) in [5, 5.41) is 12.6. The molecule has 2 rings (SSSR count). The molecule has 128 valence electrons. The van der Waals surface area contributed by atoms with Crippen LogP contribution in [0.4, 0.5) is 0 Å². The first-order valence-electron chi connectivity index (χ1n) is 7.41. The van der Waals surface area contributed by atoms with E-state index in [9.17, 15) is 9.59 Å². The van der Waals surface area contributed by atoms with Crippen LogP contribution in [0.5, 0.6) is 0 Å². The number of aliphatic carboxylic acids is 1. The summed E-state index contributed by atoms with van der Waals surface area (Å²) in [6, 6.07) is 9.60. The van der Waals surface area contributed by atoms with Crippen LogP contribution in [0.2, 0.25) is 0 Å². The Morgan fingerprint density at radius 3 is 2.58 bits per heavy atom. The molecule has 1 atom stereocenters. The normalized spacial score (nSPS) is 13.3. The van der Waals surface area contributed by atoms with Gasteiger partial charge in [0.25, 0.3) is 5.91 Å². The minimum atomic E-state index is -0.999. The van der Waals surface area contributed by atoms with Gasteiger partial charge in [0.1, 0.15) is 9.88 Å². The zero-order chi connectivity index (χ0) is 17.7. The smallest absolute Gasteiger partial charge is 0.305 e. The average molecular weight is 348 g/mol. The second-order valence-corrected chi connectivity index (χ2v) is 6.82. The predicted octanol–water partition coefficient (Wildman–Crippen LogP) is 2.73. The largest absolute Gasteiger partial charge is 0.481 e. The van der Waals surface area contributed by atoms with Gasteiger partial charge in [0.2, 0.25) is 0 Å². The maximum Gasteiger partial charge on any atom is 0.305 e. The fourth-order valence-corrected chi connectivity index (χ4v) is 3.39. The van der Waals surface area contributed by atoms with Gasteiger partial charge in [-0.15, -0.1) is 11.3 Å². The van der Waals surface area contributed by atoms with Crippen molar-refractivity contribution in [1.82, 2.24) is 10.3 Å². The molecule has 2 N–H and O–H groups in total. The first-order chi connectivity index (χ1) is 11.3. The molecule has 6 nitrogen and oxygen atoms in total. The first kappa shape index (κ1) is 18.1. The van der Waals surface area contributed by atoms with Gasteiger partial charge in [-0.1, -0.05) is 30.3 Å². The van der Waals surface area contributed by atoms with E-state index in [0.29, 0.717) is 10.6 Å². The summed E-state index contributed by atoms with van der Waals surface area (Å²) in [7, 11) is 1.47. The van der Waals surface area contributed by atoms with Gasteiger partial charge < -0.3 is 15.2 Å². The minimum absolute atomic E-state index is 0.106. The number of carboxylic acid groups (broad SMARTS) is 1. The molecule has 0 bridgehead atoms. The number of nitrogens with one attached hydrogen (secondary N) is 1. The van der Waals surface area contributed by atoms with Gasteiger partial charge >= 0.3 is 5.97 Å². The number of ether oxygens (including phenoxy) is 1. The number of aryl methyl sites for hydroxylation is 1. The van der Waals surface area contributed by atoms with Crippen molar-refractivity contribution in [2.24, 2.45) is 0 Å². The van der Waals surface area contributed by atoms with E-state index in [1.807, 2.05) is 30.3 Å². The van der Waals surface area contributed by atoms with E-state index in [-0.39, 0.29) is 18.9 Å². The third kappa shape index (κ3) is 4.39. The molecule has 0 aliphatic heterocycles. The number of thiazole rings is 1. The Bertz CT molecular complexity index is 729. The van der Waals surface area contributed by atoms with Crippen LogP contribution in [-0.4, -0.2) is 41.2 Å². The highest BCUT2D eigenvalue weighted by Gasteiger charge is 2.31.